The van der Waals surface area contributed by atoms with Crippen LogP contribution in [0.5, 0.6) is 0 Å². The molecule has 0 saturated carbocycles. The van der Waals surface area contributed by atoms with E-state index in [2.05, 4.69) is 31.2 Å². The zero-order valence-corrected chi connectivity index (χ0v) is 8.19. The topological polar surface area (TPSA) is 0 Å². The van der Waals surface area contributed by atoms with Gasteiger partial charge in [0, 0.05) is 10.8 Å². The Morgan fingerprint density at radius 3 is 2.67 bits per heavy atom. The maximum absolute atomic E-state index is 5.37. The van der Waals surface area contributed by atoms with Crippen molar-refractivity contribution in [3.05, 3.63) is 29.8 Å². The van der Waals surface area contributed by atoms with E-state index >= 15 is 0 Å². The van der Waals surface area contributed by atoms with Gasteiger partial charge in [-0.1, -0.05) is 24.1 Å². The van der Waals surface area contributed by atoms with Crippen LogP contribution in [0.3, 0.4) is 0 Å². The maximum atomic E-state index is 5.37. The molecule has 0 aliphatic carbocycles. The van der Waals surface area contributed by atoms with Gasteiger partial charge in [0.25, 0.3) is 0 Å². The zero-order valence-electron chi connectivity index (χ0n) is 7.37. The summed E-state index contributed by atoms with van der Waals surface area (Å²) in [5, 5.41) is 0. The van der Waals surface area contributed by atoms with Gasteiger partial charge >= 0.3 is 0 Å². The van der Waals surface area contributed by atoms with Gasteiger partial charge in [-0.3, -0.25) is 0 Å². The summed E-state index contributed by atoms with van der Waals surface area (Å²) in [5.74, 6) is 2.96. The van der Waals surface area contributed by atoms with Crippen molar-refractivity contribution in [2.45, 2.75) is 17.7 Å². The van der Waals surface area contributed by atoms with Crippen LogP contribution in [0, 0.1) is 12.3 Å². The minimum absolute atomic E-state index is 0.216. The van der Waals surface area contributed by atoms with E-state index < -0.39 is 0 Å². The van der Waals surface area contributed by atoms with E-state index in [1.54, 1.807) is 11.8 Å². The highest BCUT2D eigenvalue weighted by Crippen LogP contribution is 2.25. The molecule has 0 N–H and O–H groups in total. The van der Waals surface area contributed by atoms with Crippen molar-refractivity contribution >= 4 is 11.8 Å². The highest BCUT2D eigenvalue weighted by atomic mass is 32.2. The van der Waals surface area contributed by atoms with Crippen LogP contribution in [0.4, 0.5) is 0 Å². The second-order valence-electron chi connectivity index (χ2n) is 2.63. The second-order valence-corrected chi connectivity index (χ2v) is 3.48. The molecular weight excluding hydrogens is 164 g/mol. The van der Waals surface area contributed by atoms with Crippen molar-refractivity contribution in [3.8, 4) is 12.3 Å². The molecular formula is C11H12S. The Kier molecular flexibility index (Phi) is 3.25. The van der Waals surface area contributed by atoms with Gasteiger partial charge in [0.05, 0.1) is 0 Å². The normalized spacial score (nSPS) is 12.1. The number of thioether (sulfide) groups is 1. The fourth-order valence-corrected chi connectivity index (χ4v) is 1.81. The monoisotopic (exact) mass is 176 g/mol. The average molecular weight is 176 g/mol. The van der Waals surface area contributed by atoms with E-state index in [9.17, 15) is 0 Å². The zero-order chi connectivity index (χ0) is 8.97. The molecule has 1 atom stereocenters. The van der Waals surface area contributed by atoms with E-state index in [-0.39, 0.29) is 5.92 Å². The molecule has 1 unspecified atom stereocenters. The van der Waals surface area contributed by atoms with Crippen LogP contribution in [0.2, 0.25) is 0 Å². The molecule has 0 aliphatic heterocycles. The van der Waals surface area contributed by atoms with Crippen molar-refractivity contribution in [2.75, 3.05) is 6.26 Å². The first-order chi connectivity index (χ1) is 5.79. The summed E-state index contributed by atoms with van der Waals surface area (Å²) in [6.45, 7) is 2.05. The fraction of sp³-hybridized carbons (Fsp3) is 0.273. The predicted octanol–water partition coefficient (Wildman–Crippen LogP) is 3.15. The van der Waals surface area contributed by atoms with E-state index in [0.717, 1.165) is 0 Å². The van der Waals surface area contributed by atoms with E-state index in [4.69, 9.17) is 6.42 Å². The lowest BCUT2D eigenvalue weighted by Crippen LogP contribution is -1.91. The van der Waals surface area contributed by atoms with Crippen LogP contribution in [0.15, 0.2) is 29.2 Å². The summed E-state index contributed by atoms with van der Waals surface area (Å²) < 4.78 is 0. The third-order valence-electron chi connectivity index (χ3n) is 1.86. The van der Waals surface area contributed by atoms with Crippen molar-refractivity contribution < 1.29 is 0 Å². The fourth-order valence-electron chi connectivity index (χ4n) is 1.11. The smallest absolute Gasteiger partial charge is 0.0432 e. The van der Waals surface area contributed by atoms with Crippen LogP contribution >= 0.6 is 11.8 Å². The molecule has 0 aromatic heterocycles. The van der Waals surface area contributed by atoms with Crippen molar-refractivity contribution in [1.29, 1.82) is 0 Å². The molecule has 0 radical (unpaired) electrons. The third kappa shape index (κ3) is 1.84. The maximum Gasteiger partial charge on any atom is 0.0432 e. The molecule has 0 heterocycles. The van der Waals surface area contributed by atoms with Crippen molar-refractivity contribution in [1.82, 2.24) is 0 Å². The SMILES string of the molecule is C#CC(C)c1ccccc1SC. The lowest BCUT2D eigenvalue weighted by atomic mass is 10.0. The molecule has 62 valence electrons. The van der Waals surface area contributed by atoms with Gasteiger partial charge in [0.1, 0.15) is 0 Å². The Morgan fingerprint density at radius 2 is 2.08 bits per heavy atom. The lowest BCUT2D eigenvalue weighted by molar-refractivity contribution is 0.968. The van der Waals surface area contributed by atoms with Crippen LogP contribution < -0.4 is 0 Å². The minimum atomic E-state index is 0.216. The molecule has 1 rings (SSSR count). The molecule has 0 spiro atoms. The summed E-state index contributed by atoms with van der Waals surface area (Å²) >= 11 is 1.74. The first-order valence-corrected chi connectivity index (χ1v) is 5.11. The second kappa shape index (κ2) is 4.23. The van der Waals surface area contributed by atoms with E-state index in [1.807, 2.05) is 12.1 Å². The Hall–Kier alpha value is -0.870. The molecule has 0 saturated heterocycles. The Morgan fingerprint density at radius 1 is 1.42 bits per heavy atom. The number of rotatable bonds is 2. The summed E-state index contributed by atoms with van der Waals surface area (Å²) in [5.41, 5.74) is 1.26. The van der Waals surface area contributed by atoms with E-state index in [0.29, 0.717) is 0 Å². The first-order valence-electron chi connectivity index (χ1n) is 3.88. The summed E-state index contributed by atoms with van der Waals surface area (Å²) in [4.78, 5) is 1.28. The quantitative estimate of drug-likeness (QED) is 0.493. The van der Waals surface area contributed by atoms with Gasteiger partial charge in [0.15, 0.2) is 0 Å². The third-order valence-corrected chi connectivity index (χ3v) is 2.67. The summed E-state index contributed by atoms with van der Waals surface area (Å²) in [6.07, 6.45) is 7.44. The van der Waals surface area contributed by atoms with Gasteiger partial charge in [-0.05, 0) is 24.8 Å². The van der Waals surface area contributed by atoms with Crippen molar-refractivity contribution in [2.24, 2.45) is 0 Å². The molecule has 1 heteroatoms. The number of terminal acetylenes is 1. The molecule has 0 amide bonds. The molecule has 0 aliphatic rings. The predicted molar refractivity (Wildman–Crippen MR) is 55.5 cm³/mol. The van der Waals surface area contributed by atoms with Crippen LogP contribution in [0.25, 0.3) is 0 Å². The molecule has 12 heavy (non-hydrogen) atoms. The Labute approximate surface area is 78.4 Å². The number of hydrogen-bond acceptors (Lipinski definition) is 1. The first kappa shape index (κ1) is 9.22. The highest BCUT2D eigenvalue weighted by molar-refractivity contribution is 7.98. The molecule has 1 aromatic carbocycles. The molecule has 1 aromatic rings. The van der Waals surface area contributed by atoms with Gasteiger partial charge in [0.2, 0.25) is 0 Å². The highest BCUT2D eigenvalue weighted by Gasteiger charge is 2.05. The molecule has 0 fully saturated rings. The van der Waals surface area contributed by atoms with Crippen LogP contribution in [-0.4, -0.2) is 6.26 Å². The molecule has 0 nitrogen and oxygen atoms in total. The number of benzene rings is 1. The van der Waals surface area contributed by atoms with Gasteiger partial charge in [-0.2, -0.15) is 0 Å². The Balaban J connectivity index is 3.06. The van der Waals surface area contributed by atoms with Crippen LogP contribution in [0.1, 0.15) is 18.4 Å². The van der Waals surface area contributed by atoms with Crippen LogP contribution in [-0.2, 0) is 0 Å². The summed E-state index contributed by atoms with van der Waals surface area (Å²) in [6, 6.07) is 8.27. The lowest BCUT2D eigenvalue weighted by Gasteiger charge is -2.08. The van der Waals surface area contributed by atoms with Gasteiger partial charge in [-0.15, -0.1) is 18.2 Å². The largest absolute Gasteiger partial charge is 0.129 e. The van der Waals surface area contributed by atoms with Gasteiger partial charge in [-0.25, -0.2) is 0 Å². The minimum Gasteiger partial charge on any atom is -0.129 e. The van der Waals surface area contributed by atoms with Gasteiger partial charge < -0.3 is 0 Å². The Bertz CT molecular complexity index is 296. The van der Waals surface area contributed by atoms with Crippen molar-refractivity contribution in [3.63, 3.8) is 0 Å². The summed E-state index contributed by atoms with van der Waals surface area (Å²) in [7, 11) is 0. The average Bonchev–Trinajstić information content (AvgIpc) is 2.16. The standard InChI is InChI=1S/C11H12S/c1-4-9(2)10-7-5-6-8-11(10)12-3/h1,5-9H,2-3H3. The van der Waals surface area contributed by atoms with E-state index in [1.165, 1.54) is 10.5 Å². The molecule has 0 bridgehead atoms. The number of hydrogen-bond donors (Lipinski definition) is 0.